The van der Waals surface area contributed by atoms with Crippen molar-refractivity contribution in [3.05, 3.63) is 35.4 Å². The van der Waals surface area contributed by atoms with Gasteiger partial charge >= 0.3 is 0 Å². The summed E-state index contributed by atoms with van der Waals surface area (Å²) in [6, 6.07) is 6.02. The van der Waals surface area contributed by atoms with Crippen molar-refractivity contribution in [3.8, 4) is 11.8 Å². The third-order valence-electron chi connectivity index (χ3n) is 1.58. The van der Waals surface area contributed by atoms with Crippen LogP contribution in [0.25, 0.3) is 0 Å². The van der Waals surface area contributed by atoms with Crippen molar-refractivity contribution in [1.82, 2.24) is 5.48 Å². The van der Waals surface area contributed by atoms with Gasteiger partial charge in [-0.05, 0) is 30.2 Å². The molecule has 4 N–H and O–H groups in total. The summed E-state index contributed by atoms with van der Waals surface area (Å²) >= 11 is 0. The lowest BCUT2D eigenvalue weighted by Gasteiger charge is -1.97. The summed E-state index contributed by atoms with van der Waals surface area (Å²) < 4.78 is 0. The molecule has 1 rings (SSSR count). The number of primary amides is 1. The predicted octanol–water partition coefficient (Wildman–Crippen LogP) is 0.0642. The Kier molecular flexibility index (Phi) is 5.63. The zero-order valence-electron chi connectivity index (χ0n) is 8.06. The van der Waals surface area contributed by atoms with Crippen LogP contribution in [-0.2, 0) is 4.79 Å². The van der Waals surface area contributed by atoms with Crippen LogP contribution in [-0.4, -0.2) is 17.0 Å². The van der Waals surface area contributed by atoms with Gasteiger partial charge in [0.05, 0.1) is 0 Å². The van der Waals surface area contributed by atoms with Gasteiger partial charge in [-0.25, -0.2) is 5.48 Å². The molecule has 0 bridgehead atoms. The number of rotatable bonds is 1. The van der Waals surface area contributed by atoms with Crippen LogP contribution in [0.2, 0.25) is 0 Å². The van der Waals surface area contributed by atoms with E-state index in [4.69, 9.17) is 10.9 Å². The Hall–Kier alpha value is -2.03. The maximum absolute atomic E-state index is 10.9. The van der Waals surface area contributed by atoms with E-state index in [0.29, 0.717) is 11.1 Å². The highest BCUT2D eigenvalue weighted by atomic mass is 35.5. The first-order valence-corrected chi connectivity index (χ1v) is 3.99. The van der Waals surface area contributed by atoms with Crippen molar-refractivity contribution in [1.29, 1.82) is 0 Å². The number of carbonyl (C=O) groups is 2. The molecule has 0 saturated heterocycles. The van der Waals surface area contributed by atoms with E-state index in [2.05, 4.69) is 11.8 Å². The molecule has 5 nitrogen and oxygen atoms in total. The zero-order chi connectivity index (χ0) is 11.3. The molecular formula is C10H9ClN2O3. The highest BCUT2D eigenvalue weighted by Crippen LogP contribution is 2.02. The largest absolute Gasteiger partial charge is 0.359 e. The molecule has 0 saturated carbocycles. The van der Waals surface area contributed by atoms with Crippen LogP contribution in [0.3, 0.4) is 0 Å². The lowest BCUT2D eigenvalue weighted by atomic mass is 10.1. The summed E-state index contributed by atoms with van der Waals surface area (Å²) in [5.74, 6) is 3.35. The smallest absolute Gasteiger partial charge is 0.293 e. The molecule has 0 radical (unpaired) electrons. The Bertz CT molecular complexity index is 445. The average molecular weight is 241 g/mol. The maximum Gasteiger partial charge on any atom is 0.293 e. The monoisotopic (exact) mass is 240 g/mol. The van der Waals surface area contributed by atoms with E-state index >= 15 is 0 Å². The van der Waals surface area contributed by atoms with Crippen molar-refractivity contribution in [3.63, 3.8) is 0 Å². The molecule has 1 aromatic carbocycles. The van der Waals surface area contributed by atoms with E-state index in [1.165, 1.54) is 17.6 Å². The molecule has 0 heterocycles. The fourth-order valence-corrected chi connectivity index (χ4v) is 0.903. The lowest BCUT2D eigenvalue weighted by Crippen LogP contribution is -2.18. The van der Waals surface area contributed by atoms with Crippen LogP contribution in [0.4, 0.5) is 0 Å². The number of hydrogen-bond donors (Lipinski definition) is 3. The first-order chi connectivity index (χ1) is 7.13. The molecule has 0 atom stereocenters. The topological polar surface area (TPSA) is 92.4 Å². The average Bonchev–Trinajstić information content (AvgIpc) is 2.26. The highest BCUT2D eigenvalue weighted by Gasteiger charge is 2.01. The van der Waals surface area contributed by atoms with E-state index < -0.39 is 11.8 Å². The van der Waals surface area contributed by atoms with Gasteiger partial charge in [-0.15, -0.1) is 12.4 Å². The van der Waals surface area contributed by atoms with Crippen LogP contribution < -0.4 is 11.2 Å². The second-order valence-corrected chi connectivity index (χ2v) is 2.63. The summed E-state index contributed by atoms with van der Waals surface area (Å²) in [6.45, 7) is 0. The molecule has 0 unspecified atom stereocenters. The Labute approximate surface area is 98.0 Å². The minimum Gasteiger partial charge on any atom is -0.359 e. The van der Waals surface area contributed by atoms with Crippen LogP contribution in [0.5, 0.6) is 0 Å². The second-order valence-electron chi connectivity index (χ2n) is 2.63. The van der Waals surface area contributed by atoms with Gasteiger partial charge in [-0.3, -0.25) is 14.8 Å². The highest BCUT2D eigenvalue weighted by molar-refractivity contribution is 5.94. The number of benzene rings is 1. The van der Waals surface area contributed by atoms with E-state index in [9.17, 15) is 9.59 Å². The van der Waals surface area contributed by atoms with Crippen molar-refractivity contribution in [2.75, 3.05) is 0 Å². The maximum atomic E-state index is 10.9. The van der Waals surface area contributed by atoms with Gasteiger partial charge in [0.15, 0.2) is 0 Å². The van der Waals surface area contributed by atoms with Crippen molar-refractivity contribution in [2.45, 2.75) is 0 Å². The molecule has 0 aliphatic heterocycles. The minimum absolute atomic E-state index is 0. The fraction of sp³-hybridized carbons (Fsp3) is 0. The predicted molar refractivity (Wildman–Crippen MR) is 59.0 cm³/mol. The summed E-state index contributed by atoms with van der Waals surface area (Å²) in [5.41, 5.74) is 7.18. The first-order valence-electron chi connectivity index (χ1n) is 3.99. The molecule has 6 heteroatoms. The van der Waals surface area contributed by atoms with Gasteiger partial charge in [0.1, 0.15) is 0 Å². The van der Waals surface area contributed by atoms with Gasteiger partial charge in [0.25, 0.3) is 11.8 Å². The molecule has 2 amide bonds. The van der Waals surface area contributed by atoms with Crippen molar-refractivity contribution >= 4 is 24.2 Å². The molecule has 1 aromatic rings. The molecule has 0 aliphatic rings. The Balaban J connectivity index is 0.00000225. The normalized spacial score (nSPS) is 8.06. The van der Waals surface area contributed by atoms with Gasteiger partial charge in [-0.1, -0.05) is 5.92 Å². The van der Waals surface area contributed by atoms with E-state index in [1.807, 2.05) is 0 Å². The van der Waals surface area contributed by atoms with E-state index in [0.717, 1.165) is 0 Å². The third-order valence-corrected chi connectivity index (χ3v) is 1.58. The number of amides is 2. The fourth-order valence-electron chi connectivity index (χ4n) is 0.903. The lowest BCUT2D eigenvalue weighted by molar-refractivity contribution is -0.112. The Morgan fingerprint density at radius 2 is 1.81 bits per heavy atom. The van der Waals surface area contributed by atoms with Gasteiger partial charge in [0.2, 0.25) is 0 Å². The number of nitrogens with one attached hydrogen (secondary N) is 1. The standard InChI is InChI=1S/C10H8N2O3.ClH/c11-9(13)6-3-7-1-4-8(5-2-7)10(14)12-15;/h1-2,4-5,15H,(H2,11,13)(H,12,14);1H. The SMILES string of the molecule is Cl.NC(=O)C#Cc1ccc(C(=O)NO)cc1. The van der Waals surface area contributed by atoms with E-state index in [-0.39, 0.29) is 12.4 Å². The van der Waals surface area contributed by atoms with Crippen LogP contribution in [0.15, 0.2) is 24.3 Å². The number of carbonyl (C=O) groups excluding carboxylic acids is 2. The van der Waals surface area contributed by atoms with Crippen LogP contribution >= 0.6 is 12.4 Å². The molecule has 84 valence electrons. The number of halogens is 1. The third kappa shape index (κ3) is 4.00. The zero-order valence-corrected chi connectivity index (χ0v) is 8.88. The molecule has 16 heavy (non-hydrogen) atoms. The quantitative estimate of drug-likeness (QED) is 0.368. The molecule has 0 aliphatic carbocycles. The summed E-state index contributed by atoms with van der Waals surface area (Å²) in [4.78, 5) is 21.3. The van der Waals surface area contributed by atoms with Crippen molar-refractivity contribution < 1.29 is 14.8 Å². The molecule has 0 fully saturated rings. The minimum atomic E-state index is -0.716. The number of nitrogens with two attached hydrogens (primary N) is 1. The molecule has 0 spiro atoms. The first kappa shape index (κ1) is 14.0. The summed E-state index contributed by atoms with van der Waals surface area (Å²) in [6.07, 6.45) is 0. The Morgan fingerprint density at radius 1 is 1.25 bits per heavy atom. The summed E-state index contributed by atoms with van der Waals surface area (Å²) in [7, 11) is 0. The van der Waals surface area contributed by atoms with E-state index in [1.54, 1.807) is 12.1 Å². The van der Waals surface area contributed by atoms with Gasteiger partial charge in [0, 0.05) is 11.1 Å². The van der Waals surface area contributed by atoms with Gasteiger partial charge in [-0.2, -0.15) is 0 Å². The number of hydroxylamine groups is 1. The van der Waals surface area contributed by atoms with Gasteiger partial charge < -0.3 is 5.73 Å². The van der Waals surface area contributed by atoms with Crippen LogP contribution in [0, 0.1) is 11.8 Å². The number of hydrogen-bond acceptors (Lipinski definition) is 3. The second kappa shape index (κ2) is 6.45. The van der Waals surface area contributed by atoms with Crippen molar-refractivity contribution in [2.24, 2.45) is 5.73 Å². The Morgan fingerprint density at radius 3 is 2.25 bits per heavy atom. The molecule has 0 aromatic heterocycles. The molecular weight excluding hydrogens is 232 g/mol. The van der Waals surface area contributed by atoms with Crippen LogP contribution in [0.1, 0.15) is 15.9 Å². The summed E-state index contributed by atoms with van der Waals surface area (Å²) in [5, 5.41) is 8.34.